The van der Waals surface area contributed by atoms with Gasteiger partial charge in [0, 0.05) is 12.2 Å². The molecule has 0 spiro atoms. The molecule has 1 aliphatic rings. The zero-order valence-corrected chi connectivity index (χ0v) is 10.4. The Morgan fingerprint density at radius 3 is 2.82 bits per heavy atom. The standard InChI is InChI=1S/C10H16N4O2S/c1-7(8-4-5-8)14-17(15,16)9-3-2-6-12-10(9)13-11/h2-3,6-8,14H,4-5,11H2,1H3,(H,12,13). The molecule has 1 aromatic heterocycles. The average Bonchev–Trinajstić information content (AvgIpc) is 3.12. The number of rotatable bonds is 5. The lowest BCUT2D eigenvalue weighted by atomic mass is 10.2. The third kappa shape index (κ3) is 2.74. The molecule has 17 heavy (non-hydrogen) atoms. The molecule has 0 aromatic carbocycles. The van der Waals surface area contributed by atoms with Crippen LogP contribution in [0.3, 0.4) is 0 Å². The zero-order valence-electron chi connectivity index (χ0n) is 9.55. The molecule has 1 atom stereocenters. The van der Waals surface area contributed by atoms with Crippen molar-refractivity contribution in [1.29, 1.82) is 0 Å². The van der Waals surface area contributed by atoms with E-state index in [0.717, 1.165) is 12.8 Å². The lowest BCUT2D eigenvalue weighted by Gasteiger charge is -2.14. The number of hydrogen-bond acceptors (Lipinski definition) is 5. The highest BCUT2D eigenvalue weighted by molar-refractivity contribution is 7.89. The molecule has 1 heterocycles. The highest BCUT2D eigenvalue weighted by Gasteiger charge is 2.32. The van der Waals surface area contributed by atoms with Crippen LogP contribution in [0.2, 0.25) is 0 Å². The quantitative estimate of drug-likeness (QED) is 0.525. The van der Waals surface area contributed by atoms with Crippen LogP contribution < -0.4 is 16.0 Å². The highest BCUT2D eigenvalue weighted by atomic mass is 32.2. The number of nitrogens with zero attached hydrogens (tertiary/aromatic N) is 1. The molecule has 6 nitrogen and oxygen atoms in total. The number of hydrazine groups is 1. The van der Waals surface area contributed by atoms with Crippen molar-refractivity contribution in [3.63, 3.8) is 0 Å². The molecule has 94 valence electrons. The molecular weight excluding hydrogens is 240 g/mol. The van der Waals surface area contributed by atoms with Gasteiger partial charge in [0.15, 0.2) is 5.82 Å². The third-order valence-corrected chi connectivity index (χ3v) is 4.46. The van der Waals surface area contributed by atoms with Crippen LogP contribution in [0.25, 0.3) is 0 Å². The number of sulfonamides is 1. The second kappa shape index (κ2) is 4.59. The number of aromatic nitrogens is 1. The average molecular weight is 256 g/mol. The van der Waals surface area contributed by atoms with Crippen molar-refractivity contribution in [2.45, 2.75) is 30.7 Å². The Labute approximate surface area is 101 Å². The fourth-order valence-corrected chi connectivity index (χ4v) is 3.15. The predicted octanol–water partition coefficient (Wildman–Crippen LogP) is 0.444. The van der Waals surface area contributed by atoms with E-state index >= 15 is 0 Å². The number of pyridine rings is 1. The van der Waals surface area contributed by atoms with Gasteiger partial charge in [-0.2, -0.15) is 0 Å². The molecule has 0 saturated heterocycles. The summed E-state index contributed by atoms with van der Waals surface area (Å²) in [6.07, 6.45) is 3.65. The van der Waals surface area contributed by atoms with E-state index in [9.17, 15) is 8.42 Å². The van der Waals surface area contributed by atoms with Crippen LogP contribution in [0.15, 0.2) is 23.2 Å². The van der Waals surface area contributed by atoms with Crippen LogP contribution in [0.1, 0.15) is 19.8 Å². The van der Waals surface area contributed by atoms with Crippen LogP contribution >= 0.6 is 0 Å². The molecule has 1 saturated carbocycles. The van der Waals surface area contributed by atoms with Gasteiger partial charge in [0.05, 0.1) is 0 Å². The monoisotopic (exact) mass is 256 g/mol. The molecule has 0 radical (unpaired) electrons. The fourth-order valence-electron chi connectivity index (χ4n) is 1.72. The predicted molar refractivity (Wildman–Crippen MR) is 64.6 cm³/mol. The Morgan fingerprint density at radius 1 is 1.53 bits per heavy atom. The molecule has 7 heteroatoms. The molecule has 1 aliphatic carbocycles. The first-order valence-corrected chi connectivity index (χ1v) is 6.97. The zero-order chi connectivity index (χ0) is 12.5. The summed E-state index contributed by atoms with van der Waals surface area (Å²) in [6.45, 7) is 1.88. The summed E-state index contributed by atoms with van der Waals surface area (Å²) >= 11 is 0. The maximum atomic E-state index is 12.1. The van der Waals surface area contributed by atoms with Gasteiger partial charge >= 0.3 is 0 Å². The van der Waals surface area contributed by atoms with Crippen LogP contribution in [-0.4, -0.2) is 19.4 Å². The van der Waals surface area contributed by atoms with Crippen molar-refractivity contribution >= 4 is 15.8 Å². The second-order valence-corrected chi connectivity index (χ2v) is 5.92. The van der Waals surface area contributed by atoms with Crippen molar-refractivity contribution < 1.29 is 8.42 Å². The summed E-state index contributed by atoms with van der Waals surface area (Å²) in [5, 5.41) is 0. The summed E-state index contributed by atoms with van der Waals surface area (Å²) < 4.78 is 26.9. The summed E-state index contributed by atoms with van der Waals surface area (Å²) in [4.78, 5) is 3.95. The van der Waals surface area contributed by atoms with Crippen molar-refractivity contribution in [1.82, 2.24) is 9.71 Å². The molecule has 4 N–H and O–H groups in total. The minimum Gasteiger partial charge on any atom is -0.307 e. The SMILES string of the molecule is CC(NS(=O)(=O)c1cccnc1NN)C1CC1. The lowest BCUT2D eigenvalue weighted by molar-refractivity contribution is 0.538. The van der Waals surface area contributed by atoms with E-state index in [1.165, 1.54) is 12.3 Å². The first kappa shape index (κ1) is 12.3. The molecule has 2 rings (SSSR count). The lowest BCUT2D eigenvalue weighted by Crippen LogP contribution is -2.34. The van der Waals surface area contributed by atoms with Gasteiger partial charge in [-0.1, -0.05) is 0 Å². The summed E-state index contributed by atoms with van der Waals surface area (Å²) in [5.41, 5.74) is 2.29. The highest BCUT2D eigenvalue weighted by Crippen LogP contribution is 2.33. The van der Waals surface area contributed by atoms with Crippen LogP contribution in [0.5, 0.6) is 0 Å². The molecule has 0 bridgehead atoms. The third-order valence-electron chi connectivity index (χ3n) is 2.87. The smallest absolute Gasteiger partial charge is 0.244 e. The number of nitrogens with one attached hydrogen (secondary N) is 2. The van der Waals surface area contributed by atoms with E-state index in [4.69, 9.17) is 5.84 Å². The van der Waals surface area contributed by atoms with Crippen LogP contribution in [-0.2, 0) is 10.0 Å². The van der Waals surface area contributed by atoms with E-state index in [0.29, 0.717) is 5.92 Å². The molecule has 1 aromatic rings. The van der Waals surface area contributed by atoms with Gasteiger partial charge in [-0.15, -0.1) is 0 Å². The fraction of sp³-hybridized carbons (Fsp3) is 0.500. The Bertz CT molecular complexity index is 499. The van der Waals surface area contributed by atoms with Crippen LogP contribution in [0.4, 0.5) is 5.82 Å². The first-order chi connectivity index (χ1) is 8.04. The minimum absolute atomic E-state index is 0.0502. The van der Waals surface area contributed by atoms with E-state index in [2.05, 4.69) is 15.1 Å². The van der Waals surface area contributed by atoms with Crippen molar-refractivity contribution in [2.24, 2.45) is 11.8 Å². The molecule has 1 unspecified atom stereocenters. The number of hydrogen-bond donors (Lipinski definition) is 3. The van der Waals surface area contributed by atoms with Gasteiger partial charge in [-0.05, 0) is 37.8 Å². The Hall–Kier alpha value is -1.18. The number of nitrogens with two attached hydrogens (primary N) is 1. The normalized spacial score (nSPS) is 17.8. The van der Waals surface area contributed by atoms with Gasteiger partial charge in [-0.3, -0.25) is 0 Å². The van der Waals surface area contributed by atoms with Crippen LogP contribution in [0, 0.1) is 5.92 Å². The first-order valence-electron chi connectivity index (χ1n) is 5.48. The van der Waals surface area contributed by atoms with Gasteiger partial charge in [-0.25, -0.2) is 24.0 Å². The molecular formula is C10H16N4O2S. The van der Waals surface area contributed by atoms with Crippen molar-refractivity contribution in [2.75, 3.05) is 5.43 Å². The van der Waals surface area contributed by atoms with E-state index < -0.39 is 10.0 Å². The van der Waals surface area contributed by atoms with Gasteiger partial charge in [0.25, 0.3) is 0 Å². The second-order valence-electron chi connectivity index (χ2n) is 4.24. The van der Waals surface area contributed by atoms with Gasteiger partial charge in [0.1, 0.15) is 4.90 Å². The maximum absolute atomic E-state index is 12.1. The molecule has 1 fully saturated rings. The summed E-state index contributed by atoms with van der Waals surface area (Å²) in [7, 11) is -3.56. The number of anilines is 1. The van der Waals surface area contributed by atoms with E-state index in [-0.39, 0.29) is 16.8 Å². The molecule has 0 aliphatic heterocycles. The maximum Gasteiger partial charge on any atom is 0.244 e. The van der Waals surface area contributed by atoms with Gasteiger partial charge in [0.2, 0.25) is 10.0 Å². The largest absolute Gasteiger partial charge is 0.307 e. The summed E-state index contributed by atoms with van der Waals surface area (Å²) in [5.74, 6) is 5.86. The Kier molecular flexibility index (Phi) is 3.32. The Morgan fingerprint density at radius 2 is 2.24 bits per heavy atom. The van der Waals surface area contributed by atoms with Crippen molar-refractivity contribution in [3.8, 4) is 0 Å². The van der Waals surface area contributed by atoms with E-state index in [1.54, 1.807) is 6.07 Å². The topological polar surface area (TPSA) is 97.1 Å². The number of nitrogen functional groups attached to an aromatic ring is 1. The van der Waals surface area contributed by atoms with Gasteiger partial charge < -0.3 is 5.43 Å². The van der Waals surface area contributed by atoms with E-state index in [1.807, 2.05) is 6.92 Å². The summed E-state index contributed by atoms with van der Waals surface area (Å²) in [6, 6.07) is 2.99. The Balaban J connectivity index is 2.24. The molecule has 0 amide bonds. The minimum atomic E-state index is -3.56. The van der Waals surface area contributed by atoms with Crippen molar-refractivity contribution in [3.05, 3.63) is 18.3 Å².